The van der Waals surface area contributed by atoms with Crippen molar-refractivity contribution in [2.24, 2.45) is 0 Å². The van der Waals surface area contributed by atoms with Crippen molar-refractivity contribution >= 4 is 17.8 Å². The molecule has 1 saturated carbocycles. The average molecular weight is 565 g/mol. The molecule has 1 fully saturated rings. The molecule has 224 valence electrons. The largest absolute Gasteiger partial charge is 0.474 e. The van der Waals surface area contributed by atoms with Crippen LogP contribution in [0, 0.1) is 0 Å². The zero-order valence-corrected chi connectivity index (χ0v) is 24.7. The minimum absolute atomic E-state index is 0.115. The molecule has 7 heteroatoms. The van der Waals surface area contributed by atoms with Crippen LogP contribution in [0.3, 0.4) is 0 Å². The minimum atomic E-state index is -1.47. The van der Waals surface area contributed by atoms with Gasteiger partial charge in [0.1, 0.15) is 0 Å². The zero-order chi connectivity index (χ0) is 29.3. The molecular weight excluding hydrogens is 516 g/mol. The molecule has 1 aliphatic carbocycles. The number of nitrogens with one attached hydrogen (secondary N) is 1. The fourth-order valence-electron chi connectivity index (χ4n) is 5.57. The summed E-state index contributed by atoms with van der Waals surface area (Å²) >= 11 is 0. The first-order valence-corrected chi connectivity index (χ1v) is 15.6. The van der Waals surface area contributed by atoms with E-state index in [1.165, 1.54) is 56.3 Å². The van der Waals surface area contributed by atoms with Gasteiger partial charge in [-0.05, 0) is 48.9 Å². The molecule has 0 aliphatic heterocycles. The van der Waals surface area contributed by atoms with Crippen LogP contribution >= 0.6 is 0 Å². The number of rotatable bonds is 18. The second-order valence-electron chi connectivity index (χ2n) is 11.2. The van der Waals surface area contributed by atoms with Gasteiger partial charge in [-0.3, -0.25) is 9.59 Å². The summed E-state index contributed by atoms with van der Waals surface area (Å²) in [6, 6.07) is 16.6. The Morgan fingerprint density at radius 3 is 2.10 bits per heavy atom. The van der Waals surface area contributed by atoms with Gasteiger partial charge in [0.05, 0.1) is 18.8 Å². The smallest absolute Gasteiger partial charge is 0.394 e. The molecule has 1 aliphatic rings. The standard InChI is InChI=1S/C34H48N2O5/c1-2-3-4-5-6-7-8-9-10-14-24-35-32(37)29-22-20-27(21-23-29)25-36(33(38)34(39)40)30-18-15-19-31(30)41-26-28-16-12-11-13-17-28/h11-13,16-17,20-23,30-31H,2-10,14-15,18-19,24-26H2,1H3,(H,35,37)(H,39,40). The first-order valence-electron chi connectivity index (χ1n) is 15.6. The Labute approximate surface area is 245 Å². The molecule has 2 unspecified atom stereocenters. The number of nitrogens with zero attached hydrogens (tertiary/aromatic N) is 1. The lowest BCUT2D eigenvalue weighted by Crippen LogP contribution is -2.47. The number of ether oxygens (including phenoxy) is 1. The fraction of sp³-hybridized carbons (Fsp3) is 0.559. The second kappa shape index (κ2) is 18.3. The molecule has 2 aromatic carbocycles. The Hall–Kier alpha value is -3.19. The van der Waals surface area contributed by atoms with Gasteiger partial charge in [-0.15, -0.1) is 0 Å². The maximum atomic E-state index is 12.7. The van der Waals surface area contributed by atoms with E-state index in [9.17, 15) is 19.5 Å². The summed E-state index contributed by atoms with van der Waals surface area (Å²) in [6.45, 7) is 3.47. The highest BCUT2D eigenvalue weighted by atomic mass is 16.5. The molecule has 0 radical (unpaired) electrons. The normalized spacial score (nSPS) is 16.4. The van der Waals surface area contributed by atoms with Crippen LogP contribution in [-0.2, 0) is 27.5 Å². The van der Waals surface area contributed by atoms with E-state index in [2.05, 4.69) is 12.2 Å². The molecule has 0 spiro atoms. The van der Waals surface area contributed by atoms with Gasteiger partial charge < -0.3 is 20.1 Å². The quantitative estimate of drug-likeness (QED) is 0.152. The maximum absolute atomic E-state index is 12.7. The van der Waals surface area contributed by atoms with Crippen LogP contribution in [0.15, 0.2) is 54.6 Å². The third kappa shape index (κ3) is 11.3. The van der Waals surface area contributed by atoms with E-state index < -0.39 is 11.9 Å². The average Bonchev–Trinajstić information content (AvgIpc) is 3.46. The Morgan fingerprint density at radius 2 is 1.46 bits per heavy atom. The van der Waals surface area contributed by atoms with Crippen molar-refractivity contribution in [3.05, 3.63) is 71.3 Å². The lowest BCUT2D eigenvalue weighted by molar-refractivity contribution is -0.159. The molecule has 7 nitrogen and oxygen atoms in total. The molecule has 2 atom stereocenters. The zero-order valence-electron chi connectivity index (χ0n) is 24.7. The van der Waals surface area contributed by atoms with Crippen molar-refractivity contribution in [2.45, 2.75) is 116 Å². The van der Waals surface area contributed by atoms with Crippen LogP contribution in [0.2, 0.25) is 0 Å². The van der Waals surface area contributed by atoms with Crippen LogP contribution in [0.5, 0.6) is 0 Å². The number of hydrogen-bond acceptors (Lipinski definition) is 4. The molecule has 0 aromatic heterocycles. The fourth-order valence-corrected chi connectivity index (χ4v) is 5.57. The van der Waals surface area contributed by atoms with Gasteiger partial charge in [0.2, 0.25) is 0 Å². The molecule has 0 bridgehead atoms. The summed E-state index contributed by atoms with van der Waals surface area (Å²) in [7, 11) is 0. The highest BCUT2D eigenvalue weighted by Gasteiger charge is 2.37. The van der Waals surface area contributed by atoms with Gasteiger partial charge in [0, 0.05) is 18.7 Å². The van der Waals surface area contributed by atoms with E-state index in [0.29, 0.717) is 25.1 Å². The van der Waals surface area contributed by atoms with Gasteiger partial charge in [-0.1, -0.05) is 107 Å². The lowest BCUT2D eigenvalue weighted by Gasteiger charge is -2.32. The van der Waals surface area contributed by atoms with Crippen molar-refractivity contribution in [2.75, 3.05) is 6.54 Å². The van der Waals surface area contributed by atoms with Gasteiger partial charge in [0.15, 0.2) is 0 Å². The van der Waals surface area contributed by atoms with Crippen molar-refractivity contribution < 1.29 is 24.2 Å². The first-order chi connectivity index (χ1) is 20.0. The lowest BCUT2D eigenvalue weighted by atomic mass is 10.1. The van der Waals surface area contributed by atoms with Crippen molar-refractivity contribution in [3.8, 4) is 0 Å². The number of carbonyl (C=O) groups is 3. The number of carboxylic acids is 1. The van der Waals surface area contributed by atoms with E-state index in [1.807, 2.05) is 30.3 Å². The van der Waals surface area contributed by atoms with Crippen molar-refractivity contribution in [3.63, 3.8) is 0 Å². The first kappa shape index (κ1) is 32.3. The summed E-state index contributed by atoms with van der Waals surface area (Å²) < 4.78 is 6.15. The summed E-state index contributed by atoms with van der Waals surface area (Å²) in [5.41, 5.74) is 2.37. The van der Waals surface area contributed by atoms with E-state index >= 15 is 0 Å². The van der Waals surface area contributed by atoms with E-state index in [4.69, 9.17) is 4.74 Å². The second-order valence-corrected chi connectivity index (χ2v) is 11.2. The third-order valence-electron chi connectivity index (χ3n) is 7.95. The Bertz CT molecular complexity index is 1060. The summed E-state index contributed by atoms with van der Waals surface area (Å²) in [4.78, 5) is 38.4. The molecule has 2 amide bonds. The summed E-state index contributed by atoms with van der Waals surface area (Å²) in [5, 5.41) is 12.5. The Kier molecular flexibility index (Phi) is 14.4. The predicted molar refractivity (Wildman–Crippen MR) is 161 cm³/mol. The van der Waals surface area contributed by atoms with E-state index in [-0.39, 0.29) is 24.6 Å². The molecule has 0 heterocycles. The third-order valence-corrected chi connectivity index (χ3v) is 7.95. The van der Waals surface area contributed by atoms with Gasteiger partial charge in [0.25, 0.3) is 5.91 Å². The van der Waals surface area contributed by atoms with Crippen LogP contribution < -0.4 is 5.32 Å². The predicted octanol–water partition coefficient (Wildman–Crippen LogP) is 6.89. The van der Waals surface area contributed by atoms with Crippen molar-refractivity contribution in [1.82, 2.24) is 10.2 Å². The van der Waals surface area contributed by atoms with Crippen LogP contribution in [0.4, 0.5) is 0 Å². The van der Waals surface area contributed by atoms with E-state index in [0.717, 1.165) is 36.8 Å². The van der Waals surface area contributed by atoms with Crippen molar-refractivity contribution in [1.29, 1.82) is 0 Å². The number of hydrogen-bond donors (Lipinski definition) is 2. The number of carbonyl (C=O) groups excluding carboxylic acids is 2. The molecule has 41 heavy (non-hydrogen) atoms. The highest BCUT2D eigenvalue weighted by Crippen LogP contribution is 2.29. The number of carboxylic acid groups (broad SMARTS) is 1. The molecule has 0 saturated heterocycles. The monoisotopic (exact) mass is 564 g/mol. The molecule has 3 rings (SSSR count). The summed E-state index contributed by atoms with van der Waals surface area (Å²) in [5.74, 6) is -2.51. The molecule has 2 aromatic rings. The minimum Gasteiger partial charge on any atom is -0.474 e. The van der Waals surface area contributed by atoms with Crippen LogP contribution in [0.1, 0.15) is 112 Å². The topological polar surface area (TPSA) is 95.9 Å². The number of unbranched alkanes of at least 4 members (excludes halogenated alkanes) is 9. The van der Waals surface area contributed by atoms with Crippen LogP contribution in [-0.4, -0.2) is 46.5 Å². The van der Waals surface area contributed by atoms with Crippen LogP contribution in [0.25, 0.3) is 0 Å². The number of amides is 2. The molecule has 2 N–H and O–H groups in total. The summed E-state index contributed by atoms with van der Waals surface area (Å²) in [6.07, 6.45) is 14.7. The van der Waals surface area contributed by atoms with Gasteiger partial charge >= 0.3 is 11.9 Å². The Morgan fingerprint density at radius 1 is 0.829 bits per heavy atom. The van der Waals surface area contributed by atoms with Gasteiger partial charge in [-0.25, -0.2) is 4.79 Å². The maximum Gasteiger partial charge on any atom is 0.394 e. The number of aliphatic carboxylic acids is 1. The van der Waals surface area contributed by atoms with E-state index in [1.54, 1.807) is 24.3 Å². The SMILES string of the molecule is CCCCCCCCCCCCNC(=O)c1ccc(CN(C(=O)C(=O)O)C2CCCC2OCc2ccccc2)cc1. The van der Waals surface area contributed by atoms with Gasteiger partial charge in [-0.2, -0.15) is 0 Å². The molecular formula is C34H48N2O5. The Balaban J connectivity index is 1.45. The highest BCUT2D eigenvalue weighted by molar-refractivity contribution is 6.31. The number of benzene rings is 2.